The second-order valence-corrected chi connectivity index (χ2v) is 3.88. The van der Waals surface area contributed by atoms with Crippen LogP contribution in [0.4, 0.5) is 5.69 Å². The Labute approximate surface area is 101 Å². The summed E-state index contributed by atoms with van der Waals surface area (Å²) in [7, 11) is 0. The van der Waals surface area contributed by atoms with Crippen LogP contribution in [0.2, 0.25) is 0 Å². The van der Waals surface area contributed by atoms with Crippen LogP contribution in [-0.2, 0) is 12.8 Å². The largest absolute Gasteiger partial charge is 0.294 e. The lowest BCUT2D eigenvalue weighted by molar-refractivity contribution is -0.385. The molecule has 0 unspecified atom stereocenters. The number of hydrogen-bond donors (Lipinski definition) is 0. The Morgan fingerprint density at radius 2 is 1.71 bits per heavy atom. The molecular weight excluding hydrogens is 218 g/mol. The van der Waals surface area contributed by atoms with Crippen molar-refractivity contribution in [3.05, 3.63) is 38.9 Å². The van der Waals surface area contributed by atoms with Gasteiger partial charge in [0.05, 0.1) is 10.5 Å². The summed E-state index contributed by atoms with van der Waals surface area (Å²) in [6.45, 7) is 5.66. The summed E-state index contributed by atoms with van der Waals surface area (Å²) in [6, 6.07) is 3.23. The summed E-state index contributed by atoms with van der Waals surface area (Å²) in [5.74, 6) is -0.172. The van der Waals surface area contributed by atoms with Crippen LogP contribution in [0.5, 0.6) is 0 Å². The number of rotatable bonds is 5. The van der Waals surface area contributed by atoms with E-state index in [1.54, 1.807) is 19.1 Å². The maximum atomic E-state index is 11.7. The SMILES string of the molecule is CCC(=O)c1cc(CC)c(CC)cc1[N+](=O)[O-]. The van der Waals surface area contributed by atoms with Gasteiger partial charge in [0.15, 0.2) is 5.78 Å². The lowest BCUT2D eigenvalue weighted by Crippen LogP contribution is -2.06. The van der Waals surface area contributed by atoms with Crippen molar-refractivity contribution in [2.75, 3.05) is 0 Å². The third-order valence-corrected chi connectivity index (χ3v) is 2.90. The number of nitro benzene ring substituents is 1. The van der Waals surface area contributed by atoms with Gasteiger partial charge in [-0.05, 0) is 30.0 Å². The summed E-state index contributed by atoms with van der Waals surface area (Å²) >= 11 is 0. The first-order valence-corrected chi connectivity index (χ1v) is 5.88. The van der Waals surface area contributed by atoms with E-state index in [0.29, 0.717) is 0 Å². The lowest BCUT2D eigenvalue weighted by atomic mass is 9.96. The minimum absolute atomic E-state index is 0.0640. The Hall–Kier alpha value is -1.71. The van der Waals surface area contributed by atoms with Crippen molar-refractivity contribution in [2.24, 2.45) is 0 Å². The van der Waals surface area contributed by atoms with Crippen LogP contribution in [0.15, 0.2) is 12.1 Å². The summed E-state index contributed by atoms with van der Waals surface area (Å²) < 4.78 is 0. The highest BCUT2D eigenvalue weighted by molar-refractivity contribution is 6.00. The van der Waals surface area contributed by atoms with E-state index in [1.807, 2.05) is 13.8 Å². The van der Waals surface area contributed by atoms with Crippen LogP contribution in [0.25, 0.3) is 0 Å². The molecule has 4 heteroatoms. The van der Waals surface area contributed by atoms with Crippen LogP contribution in [0.3, 0.4) is 0 Å². The topological polar surface area (TPSA) is 60.2 Å². The predicted molar refractivity (Wildman–Crippen MR) is 66.5 cm³/mol. The fourth-order valence-corrected chi connectivity index (χ4v) is 1.90. The number of benzene rings is 1. The average molecular weight is 235 g/mol. The fourth-order valence-electron chi connectivity index (χ4n) is 1.90. The normalized spacial score (nSPS) is 10.3. The number of carbonyl (C=O) groups excluding carboxylic acids is 1. The summed E-state index contributed by atoms with van der Waals surface area (Å²) in [4.78, 5) is 22.2. The minimum Gasteiger partial charge on any atom is -0.294 e. The summed E-state index contributed by atoms with van der Waals surface area (Å²) in [5.41, 5.74) is 2.15. The van der Waals surface area contributed by atoms with Gasteiger partial charge in [-0.1, -0.05) is 20.8 Å². The van der Waals surface area contributed by atoms with Gasteiger partial charge in [0.2, 0.25) is 0 Å². The molecule has 0 aliphatic rings. The van der Waals surface area contributed by atoms with Crippen LogP contribution in [0.1, 0.15) is 48.7 Å². The van der Waals surface area contributed by atoms with Crippen molar-refractivity contribution in [1.82, 2.24) is 0 Å². The predicted octanol–water partition coefficient (Wildman–Crippen LogP) is 3.31. The fraction of sp³-hybridized carbons (Fsp3) is 0.462. The molecule has 0 aliphatic heterocycles. The van der Waals surface area contributed by atoms with Gasteiger partial charge in [-0.2, -0.15) is 0 Å². The number of carbonyl (C=O) groups is 1. The molecule has 1 rings (SSSR count). The highest BCUT2D eigenvalue weighted by atomic mass is 16.6. The number of ketones is 1. The van der Waals surface area contributed by atoms with Crippen molar-refractivity contribution in [3.63, 3.8) is 0 Å². The van der Waals surface area contributed by atoms with Gasteiger partial charge in [0.25, 0.3) is 5.69 Å². The second-order valence-electron chi connectivity index (χ2n) is 3.88. The first-order valence-electron chi connectivity index (χ1n) is 5.88. The van der Waals surface area contributed by atoms with Crippen molar-refractivity contribution < 1.29 is 9.72 Å². The molecule has 0 fully saturated rings. The molecule has 0 saturated heterocycles. The first-order chi connectivity index (χ1) is 8.04. The van der Waals surface area contributed by atoms with Gasteiger partial charge in [0, 0.05) is 12.5 Å². The van der Waals surface area contributed by atoms with E-state index < -0.39 is 4.92 Å². The molecule has 0 saturated carbocycles. The van der Waals surface area contributed by atoms with Crippen LogP contribution >= 0.6 is 0 Å². The minimum atomic E-state index is -0.471. The van der Waals surface area contributed by atoms with Crippen molar-refractivity contribution in [1.29, 1.82) is 0 Å². The molecule has 0 N–H and O–H groups in total. The van der Waals surface area contributed by atoms with Gasteiger partial charge in [-0.15, -0.1) is 0 Å². The number of nitrogens with zero attached hydrogens (tertiary/aromatic N) is 1. The maximum absolute atomic E-state index is 11.7. The number of hydrogen-bond acceptors (Lipinski definition) is 3. The molecule has 0 amide bonds. The van der Waals surface area contributed by atoms with E-state index in [-0.39, 0.29) is 23.5 Å². The van der Waals surface area contributed by atoms with E-state index in [2.05, 4.69) is 0 Å². The number of Topliss-reactive ketones (excluding diaryl/α,β-unsaturated/α-hetero) is 1. The zero-order chi connectivity index (χ0) is 13.0. The van der Waals surface area contributed by atoms with Crippen molar-refractivity contribution in [2.45, 2.75) is 40.0 Å². The van der Waals surface area contributed by atoms with Gasteiger partial charge in [0.1, 0.15) is 0 Å². The second kappa shape index (κ2) is 5.57. The van der Waals surface area contributed by atoms with Gasteiger partial charge in [-0.25, -0.2) is 0 Å². The Morgan fingerprint density at radius 3 is 2.12 bits per heavy atom. The zero-order valence-corrected chi connectivity index (χ0v) is 10.4. The molecule has 1 aromatic rings. The standard InChI is InChI=1S/C13H17NO3/c1-4-9-7-11(13(15)6-3)12(14(16)17)8-10(9)5-2/h7-8H,4-6H2,1-3H3. The Balaban J connectivity index is 3.45. The molecule has 0 heterocycles. The monoisotopic (exact) mass is 235 g/mol. The van der Waals surface area contributed by atoms with Gasteiger partial charge < -0.3 is 0 Å². The van der Waals surface area contributed by atoms with Crippen LogP contribution in [0, 0.1) is 10.1 Å². The Morgan fingerprint density at radius 1 is 1.18 bits per heavy atom. The van der Waals surface area contributed by atoms with Gasteiger partial charge >= 0.3 is 0 Å². The molecule has 0 aromatic heterocycles. The van der Waals surface area contributed by atoms with E-state index in [9.17, 15) is 14.9 Å². The number of nitro groups is 1. The maximum Gasteiger partial charge on any atom is 0.280 e. The molecule has 1 aromatic carbocycles. The quantitative estimate of drug-likeness (QED) is 0.447. The molecule has 0 atom stereocenters. The van der Waals surface area contributed by atoms with E-state index in [0.717, 1.165) is 24.0 Å². The van der Waals surface area contributed by atoms with E-state index >= 15 is 0 Å². The molecule has 0 radical (unpaired) electrons. The summed E-state index contributed by atoms with van der Waals surface area (Å²) in [5, 5.41) is 11.0. The highest BCUT2D eigenvalue weighted by Crippen LogP contribution is 2.25. The average Bonchev–Trinajstić information content (AvgIpc) is 2.35. The van der Waals surface area contributed by atoms with Crippen LogP contribution < -0.4 is 0 Å². The molecule has 0 aliphatic carbocycles. The zero-order valence-electron chi connectivity index (χ0n) is 10.4. The third-order valence-electron chi connectivity index (χ3n) is 2.90. The lowest BCUT2D eigenvalue weighted by Gasteiger charge is -2.09. The summed E-state index contributed by atoms with van der Waals surface area (Å²) in [6.07, 6.45) is 1.81. The van der Waals surface area contributed by atoms with Gasteiger partial charge in [-0.3, -0.25) is 14.9 Å². The highest BCUT2D eigenvalue weighted by Gasteiger charge is 2.21. The Kier molecular flexibility index (Phi) is 4.37. The van der Waals surface area contributed by atoms with E-state index in [4.69, 9.17) is 0 Å². The van der Waals surface area contributed by atoms with E-state index in [1.165, 1.54) is 0 Å². The molecule has 4 nitrogen and oxygen atoms in total. The molecule has 17 heavy (non-hydrogen) atoms. The molecule has 0 spiro atoms. The molecule has 0 bridgehead atoms. The molecular formula is C13H17NO3. The van der Waals surface area contributed by atoms with Crippen molar-refractivity contribution >= 4 is 11.5 Å². The van der Waals surface area contributed by atoms with Crippen LogP contribution in [-0.4, -0.2) is 10.7 Å². The Bertz CT molecular complexity index is 452. The number of aryl methyl sites for hydroxylation is 2. The smallest absolute Gasteiger partial charge is 0.280 e. The third kappa shape index (κ3) is 2.70. The molecule has 92 valence electrons. The van der Waals surface area contributed by atoms with Crippen molar-refractivity contribution in [3.8, 4) is 0 Å². The first kappa shape index (κ1) is 13.4.